The number of hydrogen-bond acceptors (Lipinski definition) is 2. The minimum absolute atomic E-state index is 0.0957. The van der Waals surface area contributed by atoms with E-state index in [-0.39, 0.29) is 11.1 Å². The van der Waals surface area contributed by atoms with E-state index in [1.165, 1.54) is 0 Å². The molecule has 0 radical (unpaired) electrons. The zero-order valence-corrected chi connectivity index (χ0v) is 13.8. The van der Waals surface area contributed by atoms with Gasteiger partial charge in [-0.1, -0.05) is 35.7 Å². The summed E-state index contributed by atoms with van der Waals surface area (Å²) in [7, 11) is 0. The number of rotatable bonds is 2. The summed E-state index contributed by atoms with van der Waals surface area (Å²) in [4.78, 5) is 0. The first-order valence-electron chi connectivity index (χ1n) is 7.47. The van der Waals surface area contributed by atoms with Crippen molar-refractivity contribution in [2.24, 2.45) is 0 Å². The molecule has 28 heavy (non-hydrogen) atoms. The summed E-state index contributed by atoms with van der Waals surface area (Å²) >= 11 is 0. The molecule has 2 aromatic rings. The van der Waals surface area contributed by atoms with Crippen LogP contribution >= 0.6 is 0 Å². The molecule has 0 unspecified atom stereocenters. The molecule has 0 heterocycles. The second-order valence-electron chi connectivity index (χ2n) is 5.37. The van der Waals surface area contributed by atoms with E-state index in [1.54, 1.807) is 23.6 Å². The highest BCUT2D eigenvalue weighted by Gasteiger charge is 2.37. The number of halogens is 6. The van der Waals surface area contributed by atoms with Gasteiger partial charge >= 0.3 is 12.4 Å². The van der Waals surface area contributed by atoms with Gasteiger partial charge in [-0.25, -0.2) is 0 Å². The molecule has 0 aliphatic rings. The van der Waals surface area contributed by atoms with Crippen molar-refractivity contribution in [3.05, 3.63) is 82.2 Å². The molecular formula is C20H8F6N2. The van der Waals surface area contributed by atoms with Crippen molar-refractivity contribution in [2.45, 2.75) is 12.4 Å². The van der Waals surface area contributed by atoms with E-state index in [9.17, 15) is 26.3 Å². The zero-order chi connectivity index (χ0) is 20.9. The van der Waals surface area contributed by atoms with Crippen LogP contribution in [0.25, 0.3) is 11.1 Å². The molecule has 2 aromatic carbocycles. The van der Waals surface area contributed by atoms with Crippen LogP contribution in [0.5, 0.6) is 0 Å². The Labute approximate surface area is 155 Å². The zero-order valence-electron chi connectivity index (χ0n) is 13.8. The minimum Gasteiger partial charge on any atom is -0.192 e. The largest absolute Gasteiger partial charge is 0.424 e. The predicted molar refractivity (Wildman–Crippen MR) is 88.3 cm³/mol. The summed E-state index contributed by atoms with van der Waals surface area (Å²) in [5.74, 6) is 0. The molecule has 0 amide bonds. The number of hydrogen-bond donors (Lipinski definition) is 0. The smallest absolute Gasteiger partial charge is 0.192 e. The Bertz CT molecular complexity index is 959. The monoisotopic (exact) mass is 390 g/mol. The SMILES string of the molecule is N#Cc1ccc(C(=C=C=C(c2ccc(C#N)cc2)C(F)(F)F)C(F)(F)F)cc1. The lowest BCUT2D eigenvalue weighted by atomic mass is 10.0. The fraction of sp³-hybridized carbons (Fsp3) is 0.100. The van der Waals surface area contributed by atoms with Gasteiger partial charge in [0.25, 0.3) is 0 Å². The van der Waals surface area contributed by atoms with Crippen LogP contribution in [0.1, 0.15) is 22.3 Å². The molecule has 0 spiro atoms. The number of nitriles is 2. The van der Waals surface area contributed by atoms with Gasteiger partial charge in [0.15, 0.2) is 0 Å². The third kappa shape index (κ3) is 4.93. The fourth-order valence-electron chi connectivity index (χ4n) is 2.16. The fourth-order valence-corrected chi connectivity index (χ4v) is 2.16. The van der Waals surface area contributed by atoms with Crippen molar-refractivity contribution < 1.29 is 26.3 Å². The third-order valence-corrected chi connectivity index (χ3v) is 3.48. The average molecular weight is 390 g/mol. The molecule has 0 fully saturated rings. The summed E-state index contributed by atoms with van der Waals surface area (Å²) in [6, 6.07) is 11.7. The van der Waals surface area contributed by atoms with Crippen LogP contribution in [0.3, 0.4) is 0 Å². The quantitative estimate of drug-likeness (QED) is 0.482. The van der Waals surface area contributed by atoms with Crippen molar-refractivity contribution >= 4 is 11.1 Å². The molecule has 0 saturated heterocycles. The molecule has 0 atom stereocenters. The van der Waals surface area contributed by atoms with Gasteiger partial charge in [0, 0.05) is 0 Å². The Morgan fingerprint density at radius 2 is 0.857 bits per heavy atom. The van der Waals surface area contributed by atoms with Gasteiger partial charge < -0.3 is 0 Å². The number of alkyl halides is 6. The van der Waals surface area contributed by atoms with E-state index in [0.29, 0.717) is 0 Å². The van der Waals surface area contributed by atoms with Crippen LogP contribution in [0.4, 0.5) is 26.3 Å². The molecule has 2 nitrogen and oxygen atoms in total. The summed E-state index contributed by atoms with van der Waals surface area (Å²) in [6.45, 7) is 0. The maximum atomic E-state index is 13.3. The highest BCUT2D eigenvalue weighted by Crippen LogP contribution is 2.35. The van der Waals surface area contributed by atoms with Crippen molar-refractivity contribution in [1.82, 2.24) is 0 Å². The molecule has 0 aromatic heterocycles. The maximum absolute atomic E-state index is 13.3. The van der Waals surface area contributed by atoms with E-state index in [1.807, 2.05) is 0 Å². The second kappa shape index (κ2) is 7.90. The first kappa shape index (κ1) is 20.6. The van der Waals surface area contributed by atoms with Crippen molar-refractivity contribution in [3.63, 3.8) is 0 Å². The van der Waals surface area contributed by atoms with Crippen LogP contribution in [0.2, 0.25) is 0 Å². The maximum Gasteiger partial charge on any atom is 0.424 e. The van der Waals surface area contributed by atoms with Gasteiger partial charge in [-0.2, -0.15) is 36.9 Å². The van der Waals surface area contributed by atoms with E-state index in [4.69, 9.17) is 10.5 Å². The molecule has 8 heteroatoms. The van der Waals surface area contributed by atoms with Gasteiger partial charge in [-0.3, -0.25) is 0 Å². The Morgan fingerprint density at radius 1 is 0.571 bits per heavy atom. The Balaban J connectivity index is 2.77. The highest BCUT2D eigenvalue weighted by molar-refractivity contribution is 5.73. The standard InChI is InChI=1S/C20H8F6N2/c21-19(22,23)17(15-5-1-13(11-27)2-6-15)9-10-18(20(24,25)26)16-7-3-14(12-28)4-8-16/h1-8H. The Hall–Kier alpha value is -3.70. The molecule has 140 valence electrons. The molecule has 0 aliphatic carbocycles. The molecular weight excluding hydrogens is 382 g/mol. The normalized spacial score (nSPS) is 10.9. The highest BCUT2D eigenvalue weighted by atomic mass is 19.4. The number of nitrogens with zero attached hydrogens (tertiary/aromatic N) is 2. The van der Waals surface area contributed by atoms with Crippen molar-refractivity contribution in [1.29, 1.82) is 10.5 Å². The van der Waals surface area contributed by atoms with Crippen LogP contribution in [0.15, 0.2) is 60.0 Å². The van der Waals surface area contributed by atoms with Gasteiger partial charge in [-0.15, -0.1) is 0 Å². The van der Waals surface area contributed by atoms with Gasteiger partial charge in [0.1, 0.15) is 11.1 Å². The molecule has 0 aliphatic heterocycles. The Morgan fingerprint density at radius 3 is 1.07 bits per heavy atom. The first-order valence-corrected chi connectivity index (χ1v) is 7.47. The lowest BCUT2D eigenvalue weighted by Crippen LogP contribution is -2.11. The summed E-state index contributed by atoms with van der Waals surface area (Å²) in [5.41, 5.74) is -0.488. The van der Waals surface area contributed by atoms with Gasteiger partial charge in [0.2, 0.25) is 0 Å². The first-order chi connectivity index (χ1) is 13.1. The van der Waals surface area contributed by atoms with Crippen LogP contribution in [-0.2, 0) is 0 Å². The number of allylic oxidation sites excluding steroid dienone is 2. The lowest BCUT2D eigenvalue weighted by Gasteiger charge is -2.10. The lowest BCUT2D eigenvalue weighted by molar-refractivity contribution is -0.0702. The van der Waals surface area contributed by atoms with Crippen molar-refractivity contribution in [3.8, 4) is 12.1 Å². The topological polar surface area (TPSA) is 47.6 Å². The van der Waals surface area contributed by atoms with E-state index in [2.05, 4.69) is 0 Å². The third-order valence-electron chi connectivity index (χ3n) is 3.48. The van der Waals surface area contributed by atoms with Crippen molar-refractivity contribution in [2.75, 3.05) is 0 Å². The Kier molecular flexibility index (Phi) is 5.81. The summed E-state index contributed by atoms with van der Waals surface area (Å²) in [6.07, 6.45) is -9.99. The van der Waals surface area contributed by atoms with Gasteiger partial charge in [0.05, 0.1) is 23.3 Å². The van der Waals surface area contributed by atoms with Crippen LogP contribution < -0.4 is 0 Å². The molecule has 0 bridgehead atoms. The summed E-state index contributed by atoms with van der Waals surface area (Å²) < 4.78 is 79.8. The molecule has 0 N–H and O–H groups in total. The van der Waals surface area contributed by atoms with Crippen LogP contribution in [-0.4, -0.2) is 12.4 Å². The van der Waals surface area contributed by atoms with E-state index < -0.39 is 34.6 Å². The minimum atomic E-state index is -5.00. The second-order valence-corrected chi connectivity index (χ2v) is 5.37. The molecule has 0 saturated carbocycles. The van der Waals surface area contributed by atoms with E-state index >= 15 is 0 Å². The average Bonchev–Trinajstić information content (AvgIpc) is 2.63. The summed E-state index contributed by atoms with van der Waals surface area (Å²) in [5, 5.41) is 17.4. The number of benzene rings is 2. The van der Waals surface area contributed by atoms with Gasteiger partial charge in [-0.05, 0) is 35.4 Å². The predicted octanol–water partition coefficient (Wildman–Crippen LogP) is 5.78. The van der Waals surface area contributed by atoms with Crippen LogP contribution in [0, 0.1) is 22.7 Å². The van der Waals surface area contributed by atoms with E-state index in [0.717, 1.165) is 48.5 Å². The molecule has 2 rings (SSSR count).